The van der Waals surface area contributed by atoms with Crippen LogP contribution in [0.4, 0.5) is 0 Å². The van der Waals surface area contributed by atoms with Crippen LogP contribution in [0.2, 0.25) is 0 Å². The maximum Gasteiger partial charge on any atom is 0.223 e. The lowest BCUT2D eigenvalue weighted by Crippen LogP contribution is -2.57. The maximum absolute atomic E-state index is 12.6. The van der Waals surface area contributed by atoms with E-state index in [1.807, 2.05) is 0 Å². The van der Waals surface area contributed by atoms with Crippen molar-refractivity contribution in [3.63, 3.8) is 0 Å². The van der Waals surface area contributed by atoms with E-state index in [1.54, 1.807) is 0 Å². The van der Waals surface area contributed by atoms with Crippen molar-refractivity contribution in [2.75, 3.05) is 6.54 Å². The van der Waals surface area contributed by atoms with Crippen LogP contribution in [0, 0.1) is 29.6 Å². The Bertz CT molecular complexity index is 366. The van der Waals surface area contributed by atoms with Crippen molar-refractivity contribution in [2.24, 2.45) is 29.6 Å². The minimum Gasteiger partial charge on any atom is -0.353 e. The predicted molar refractivity (Wildman–Crippen MR) is 79.2 cm³/mol. The molecule has 112 valence electrons. The number of carbonyl (C=O) groups is 1. The highest BCUT2D eigenvalue weighted by Crippen LogP contribution is 2.53. The van der Waals surface area contributed by atoms with Crippen LogP contribution in [0.5, 0.6) is 0 Å². The number of amides is 1. The van der Waals surface area contributed by atoms with Gasteiger partial charge in [0, 0.05) is 18.0 Å². The SMILES string of the molecule is C[C@H]1C[C@@H](C(=O)NC2C3CC4CC(C3)CC2C4)CCN1. The molecule has 0 aromatic carbocycles. The van der Waals surface area contributed by atoms with E-state index in [1.165, 1.54) is 32.1 Å². The first-order valence-corrected chi connectivity index (χ1v) is 8.72. The zero-order valence-electron chi connectivity index (χ0n) is 12.6. The molecule has 5 fully saturated rings. The summed E-state index contributed by atoms with van der Waals surface area (Å²) in [6.45, 7) is 3.20. The van der Waals surface area contributed by atoms with Gasteiger partial charge in [-0.1, -0.05) is 0 Å². The van der Waals surface area contributed by atoms with Crippen LogP contribution >= 0.6 is 0 Å². The summed E-state index contributed by atoms with van der Waals surface area (Å²) >= 11 is 0. The normalized spacial score (nSPS) is 50.1. The molecule has 3 nitrogen and oxygen atoms in total. The molecule has 4 aliphatic carbocycles. The third kappa shape index (κ3) is 2.28. The monoisotopic (exact) mass is 276 g/mol. The molecule has 4 bridgehead atoms. The molecule has 0 aromatic rings. The van der Waals surface area contributed by atoms with Gasteiger partial charge >= 0.3 is 0 Å². The smallest absolute Gasteiger partial charge is 0.223 e. The fourth-order valence-corrected chi connectivity index (χ4v) is 5.81. The Morgan fingerprint density at radius 3 is 2.25 bits per heavy atom. The van der Waals surface area contributed by atoms with E-state index in [0.29, 0.717) is 18.0 Å². The van der Waals surface area contributed by atoms with Gasteiger partial charge in [-0.05, 0) is 82.1 Å². The lowest BCUT2D eigenvalue weighted by Gasteiger charge is -2.54. The molecule has 0 spiro atoms. The Morgan fingerprint density at radius 2 is 1.65 bits per heavy atom. The average molecular weight is 276 g/mol. The fourth-order valence-electron chi connectivity index (χ4n) is 5.81. The lowest BCUT2D eigenvalue weighted by atomic mass is 9.54. The number of carbonyl (C=O) groups excluding carboxylic acids is 1. The zero-order valence-corrected chi connectivity index (χ0v) is 12.6. The molecular formula is C17H28N2O. The van der Waals surface area contributed by atoms with E-state index in [4.69, 9.17) is 0 Å². The molecule has 0 aromatic heterocycles. The first kappa shape index (κ1) is 13.1. The fraction of sp³-hybridized carbons (Fsp3) is 0.941. The Kier molecular flexibility index (Phi) is 3.29. The number of piperidine rings is 1. The predicted octanol–water partition coefficient (Wildman–Crippen LogP) is 2.32. The molecule has 1 aliphatic heterocycles. The largest absolute Gasteiger partial charge is 0.353 e. The Balaban J connectivity index is 1.40. The second-order valence-corrected chi connectivity index (χ2v) is 8.04. The lowest BCUT2D eigenvalue weighted by molar-refractivity contribution is -0.130. The number of hydrogen-bond acceptors (Lipinski definition) is 2. The highest BCUT2D eigenvalue weighted by Gasteiger charge is 2.48. The minimum atomic E-state index is 0.253. The van der Waals surface area contributed by atoms with Crippen LogP contribution in [-0.2, 0) is 4.79 Å². The first-order valence-electron chi connectivity index (χ1n) is 8.72. The van der Waals surface area contributed by atoms with E-state index < -0.39 is 0 Å². The van der Waals surface area contributed by atoms with Crippen molar-refractivity contribution in [2.45, 2.75) is 64.0 Å². The molecule has 1 saturated heterocycles. The van der Waals surface area contributed by atoms with Gasteiger partial charge in [-0.25, -0.2) is 0 Å². The van der Waals surface area contributed by atoms with Crippen LogP contribution in [-0.4, -0.2) is 24.5 Å². The van der Waals surface area contributed by atoms with Crippen molar-refractivity contribution in [3.8, 4) is 0 Å². The summed E-state index contributed by atoms with van der Waals surface area (Å²) < 4.78 is 0. The number of hydrogen-bond donors (Lipinski definition) is 2. The Hall–Kier alpha value is -0.570. The molecule has 0 radical (unpaired) electrons. The van der Waals surface area contributed by atoms with Crippen molar-refractivity contribution < 1.29 is 4.79 Å². The third-order valence-electron chi connectivity index (χ3n) is 6.53. The van der Waals surface area contributed by atoms with Crippen molar-refractivity contribution in [1.29, 1.82) is 0 Å². The van der Waals surface area contributed by atoms with Gasteiger partial charge in [-0.2, -0.15) is 0 Å². The summed E-state index contributed by atoms with van der Waals surface area (Å²) in [4.78, 5) is 12.6. The van der Waals surface area contributed by atoms with Gasteiger partial charge in [0.15, 0.2) is 0 Å². The summed E-state index contributed by atoms with van der Waals surface area (Å²) in [6.07, 6.45) is 9.07. The maximum atomic E-state index is 12.6. The van der Waals surface area contributed by atoms with Crippen LogP contribution in [0.3, 0.4) is 0 Å². The summed E-state index contributed by atoms with van der Waals surface area (Å²) in [6, 6.07) is 1.01. The van der Waals surface area contributed by atoms with Gasteiger partial charge in [0.2, 0.25) is 5.91 Å². The van der Waals surface area contributed by atoms with Gasteiger partial charge in [-0.15, -0.1) is 0 Å². The van der Waals surface area contributed by atoms with Gasteiger partial charge in [0.1, 0.15) is 0 Å². The second-order valence-electron chi connectivity index (χ2n) is 8.04. The highest BCUT2D eigenvalue weighted by molar-refractivity contribution is 5.79. The average Bonchev–Trinajstić information content (AvgIpc) is 2.42. The molecule has 5 rings (SSSR count). The first-order chi connectivity index (χ1) is 9.69. The van der Waals surface area contributed by atoms with Gasteiger partial charge in [-0.3, -0.25) is 4.79 Å². The van der Waals surface area contributed by atoms with Crippen LogP contribution in [0.25, 0.3) is 0 Å². The molecule has 5 aliphatic rings. The van der Waals surface area contributed by atoms with Crippen LogP contribution in [0.1, 0.15) is 51.9 Å². The van der Waals surface area contributed by atoms with E-state index in [0.717, 1.165) is 43.1 Å². The third-order valence-corrected chi connectivity index (χ3v) is 6.53. The molecular weight excluding hydrogens is 248 g/mol. The molecule has 4 saturated carbocycles. The van der Waals surface area contributed by atoms with Gasteiger partial charge < -0.3 is 10.6 Å². The second kappa shape index (κ2) is 5.01. The van der Waals surface area contributed by atoms with E-state index in [-0.39, 0.29) is 5.92 Å². The molecule has 3 heteroatoms. The summed E-state index contributed by atoms with van der Waals surface area (Å²) in [7, 11) is 0. The summed E-state index contributed by atoms with van der Waals surface area (Å²) in [5.74, 6) is 4.19. The number of rotatable bonds is 2. The van der Waals surface area contributed by atoms with Gasteiger partial charge in [0.25, 0.3) is 0 Å². The van der Waals surface area contributed by atoms with Gasteiger partial charge in [0.05, 0.1) is 0 Å². The minimum absolute atomic E-state index is 0.253. The van der Waals surface area contributed by atoms with Crippen LogP contribution in [0.15, 0.2) is 0 Å². The summed E-state index contributed by atoms with van der Waals surface area (Å²) in [5.41, 5.74) is 0. The molecule has 1 amide bonds. The molecule has 2 N–H and O–H groups in total. The van der Waals surface area contributed by atoms with Crippen LogP contribution < -0.4 is 10.6 Å². The van der Waals surface area contributed by atoms with Crippen molar-refractivity contribution >= 4 is 5.91 Å². The standard InChI is InChI=1S/C17H28N2O/c1-10-4-13(2-3-18-10)17(20)19-16-14-6-11-5-12(8-14)9-15(16)7-11/h10-16,18H,2-9H2,1H3,(H,19,20)/t10-,11?,12?,13-,14?,15?,16?/m0/s1. The topological polar surface area (TPSA) is 41.1 Å². The van der Waals surface area contributed by atoms with Crippen molar-refractivity contribution in [3.05, 3.63) is 0 Å². The van der Waals surface area contributed by atoms with E-state index in [9.17, 15) is 4.79 Å². The van der Waals surface area contributed by atoms with E-state index in [2.05, 4.69) is 17.6 Å². The Morgan fingerprint density at radius 1 is 1.00 bits per heavy atom. The summed E-state index contributed by atoms with van der Waals surface area (Å²) in [5, 5.41) is 6.93. The molecule has 1 heterocycles. The molecule has 0 unspecified atom stereocenters. The zero-order chi connectivity index (χ0) is 13.7. The molecule has 20 heavy (non-hydrogen) atoms. The van der Waals surface area contributed by atoms with Crippen molar-refractivity contribution in [1.82, 2.24) is 10.6 Å². The highest BCUT2D eigenvalue weighted by atomic mass is 16.2. The van der Waals surface area contributed by atoms with E-state index >= 15 is 0 Å². The quantitative estimate of drug-likeness (QED) is 0.812. The Labute approximate surface area is 122 Å². The molecule has 2 atom stereocenters. The number of nitrogens with one attached hydrogen (secondary N) is 2.